The lowest BCUT2D eigenvalue weighted by Crippen LogP contribution is -2.53. The Balaban J connectivity index is 2.22. The van der Waals surface area contributed by atoms with Gasteiger partial charge >= 0.3 is 5.97 Å². The molecule has 0 saturated carbocycles. The smallest absolute Gasteiger partial charge is 0.343 e. The number of methoxy groups -OCH3 is 1. The standard InChI is InChI=1S/C13H14N2O6/c1-20-13(19)6-4-15-8-2-3-21-5-7(8)14-12(18)9(15)11(17)10(6)16/h4,7-8,17H,2-3,5H2,1H3,(H,14,18)/t7-,8+/m1/s1. The molecular weight excluding hydrogens is 280 g/mol. The maximum absolute atomic E-state index is 12.1. The fourth-order valence-corrected chi connectivity index (χ4v) is 2.80. The van der Waals surface area contributed by atoms with Gasteiger partial charge in [0.2, 0.25) is 5.43 Å². The van der Waals surface area contributed by atoms with Crippen LogP contribution in [0.1, 0.15) is 33.3 Å². The summed E-state index contributed by atoms with van der Waals surface area (Å²) in [5.41, 5.74) is -1.33. The molecule has 0 bridgehead atoms. The van der Waals surface area contributed by atoms with Gasteiger partial charge in [-0.05, 0) is 6.42 Å². The molecule has 0 aliphatic carbocycles. The minimum atomic E-state index is -0.909. The molecule has 3 rings (SSSR count). The first-order valence-electron chi connectivity index (χ1n) is 6.49. The number of rotatable bonds is 1. The van der Waals surface area contributed by atoms with Gasteiger partial charge in [0.25, 0.3) is 5.91 Å². The summed E-state index contributed by atoms with van der Waals surface area (Å²) in [6, 6.07) is -0.437. The maximum atomic E-state index is 12.1. The topological polar surface area (TPSA) is 107 Å². The Labute approximate surface area is 119 Å². The van der Waals surface area contributed by atoms with Gasteiger partial charge in [0.05, 0.1) is 25.8 Å². The van der Waals surface area contributed by atoms with Crippen LogP contribution in [0.4, 0.5) is 0 Å². The van der Waals surface area contributed by atoms with E-state index in [9.17, 15) is 19.5 Å². The molecule has 8 nitrogen and oxygen atoms in total. The second kappa shape index (κ2) is 4.88. The van der Waals surface area contributed by atoms with E-state index < -0.39 is 23.1 Å². The van der Waals surface area contributed by atoms with Gasteiger partial charge < -0.3 is 24.5 Å². The molecular formula is C13H14N2O6. The summed E-state index contributed by atoms with van der Waals surface area (Å²) in [7, 11) is 1.15. The van der Waals surface area contributed by atoms with E-state index >= 15 is 0 Å². The number of ether oxygens (including phenoxy) is 2. The number of esters is 1. The van der Waals surface area contributed by atoms with Crippen molar-refractivity contribution in [1.82, 2.24) is 9.88 Å². The van der Waals surface area contributed by atoms with Crippen molar-refractivity contribution in [2.45, 2.75) is 18.5 Å². The molecule has 2 aliphatic heterocycles. The van der Waals surface area contributed by atoms with E-state index in [0.717, 1.165) is 7.11 Å². The van der Waals surface area contributed by atoms with Crippen LogP contribution in [-0.4, -0.2) is 47.9 Å². The van der Waals surface area contributed by atoms with E-state index in [4.69, 9.17) is 4.74 Å². The van der Waals surface area contributed by atoms with Crippen LogP contribution in [0.5, 0.6) is 5.75 Å². The van der Waals surface area contributed by atoms with E-state index in [1.807, 2.05) is 0 Å². The second-order valence-electron chi connectivity index (χ2n) is 4.98. The Kier molecular flexibility index (Phi) is 3.17. The van der Waals surface area contributed by atoms with Crippen LogP contribution >= 0.6 is 0 Å². The van der Waals surface area contributed by atoms with Crippen molar-refractivity contribution in [3.05, 3.63) is 27.7 Å². The van der Waals surface area contributed by atoms with Gasteiger partial charge in [-0.1, -0.05) is 0 Å². The molecule has 21 heavy (non-hydrogen) atoms. The first-order valence-corrected chi connectivity index (χ1v) is 6.49. The van der Waals surface area contributed by atoms with Gasteiger partial charge in [-0.15, -0.1) is 0 Å². The number of carbonyl (C=O) groups is 2. The zero-order valence-corrected chi connectivity index (χ0v) is 11.3. The average Bonchev–Trinajstić information content (AvgIpc) is 2.49. The van der Waals surface area contributed by atoms with E-state index in [1.165, 1.54) is 10.8 Å². The lowest BCUT2D eigenvalue weighted by Gasteiger charge is -2.39. The fourth-order valence-electron chi connectivity index (χ4n) is 2.80. The largest absolute Gasteiger partial charge is 0.503 e. The summed E-state index contributed by atoms with van der Waals surface area (Å²) < 4.78 is 11.3. The van der Waals surface area contributed by atoms with Crippen molar-refractivity contribution in [3.63, 3.8) is 0 Å². The minimum absolute atomic E-state index is 0.129. The quantitative estimate of drug-likeness (QED) is 0.671. The predicted octanol–water partition coefficient (Wildman–Crippen LogP) is -0.586. The Morgan fingerprint density at radius 1 is 1.52 bits per heavy atom. The van der Waals surface area contributed by atoms with Gasteiger partial charge in [-0.25, -0.2) is 4.79 Å². The number of hydrogen-bond donors (Lipinski definition) is 2. The van der Waals surface area contributed by atoms with Crippen LogP contribution in [0, 0.1) is 0 Å². The highest BCUT2D eigenvalue weighted by Gasteiger charge is 2.38. The molecule has 0 aromatic carbocycles. The van der Waals surface area contributed by atoms with Gasteiger partial charge in [0, 0.05) is 12.8 Å². The highest BCUT2D eigenvalue weighted by molar-refractivity contribution is 5.98. The number of nitrogens with zero attached hydrogens (tertiary/aromatic N) is 1. The molecule has 1 amide bonds. The van der Waals surface area contributed by atoms with Crippen molar-refractivity contribution in [2.75, 3.05) is 20.3 Å². The Hall–Kier alpha value is -2.35. The first kappa shape index (κ1) is 13.6. The molecule has 2 N–H and O–H groups in total. The van der Waals surface area contributed by atoms with Gasteiger partial charge in [-0.3, -0.25) is 9.59 Å². The van der Waals surface area contributed by atoms with Crippen molar-refractivity contribution in [1.29, 1.82) is 0 Å². The number of fused-ring (bicyclic) bond motifs is 3. The van der Waals surface area contributed by atoms with E-state index in [-0.39, 0.29) is 23.3 Å². The van der Waals surface area contributed by atoms with Crippen LogP contribution in [0.15, 0.2) is 11.0 Å². The molecule has 1 saturated heterocycles. The third-order valence-corrected chi connectivity index (χ3v) is 3.82. The Morgan fingerprint density at radius 3 is 3.00 bits per heavy atom. The molecule has 1 aromatic rings. The molecule has 3 heterocycles. The van der Waals surface area contributed by atoms with Crippen LogP contribution < -0.4 is 10.7 Å². The van der Waals surface area contributed by atoms with Crippen molar-refractivity contribution in [3.8, 4) is 5.75 Å². The molecule has 112 valence electrons. The number of hydrogen-bond acceptors (Lipinski definition) is 6. The summed E-state index contributed by atoms with van der Waals surface area (Å²) in [6.45, 7) is 0.840. The Bertz CT molecular complexity index is 680. The van der Waals surface area contributed by atoms with E-state index in [2.05, 4.69) is 10.1 Å². The molecule has 0 spiro atoms. The van der Waals surface area contributed by atoms with Crippen LogP contribution in [0.25, 0.3) is 0 Å². The van der Waals surface area contributed by atoms with Gasteiger partial charge in [0.15, 0.2) is 11.4 Å². The summed E-state index contributed by atoms with van der Waals surface area (Å²) in [4.78, 5) is 35.7. The normalized spacial score (nSPS) is 23.8. The number of amides is 1. The van der Waals surface area contributed by atoms with Crippen LogP contribution in [-0.2, 0) is 9.47 Å². The van der Waals surface area contributed by atoms with Crippen LogP contribution in [0.3, 0.4) is 0 Å². The van der Waals surface area contributed by atoms with Crippen molar-refractivity contribution < 1.29 is 24.2 Å². The highest BCUT2D eigenvalue weighted by Crippen LogP contribution is 2.30. The minimum Gasteiger partial charge on any atom is -0.503 e. The van der Waals surface area contributed by atoms with Gasteiger partial charge in [0.1, 0.15) is 5.56 Å². The molecule has 8 heteroatoms. The van der Waals surface area contributed by atoms with Crippen molar-refractivity contribution in [2.24, 2.45) is 0 Å². The maximum Gasteiger partial charge on any atom is 0.343 e. The first-order chi connectivity index (χ1) is 10.0. The summed E-state index contributed by atoms with van der Waals surface area (Å²) in [5.74, 6) is -2.15. The van der Waals surface area contributed by atoms with E-state index in [0.29, 0.717) is 19.6 Å². The number of nitrogens with one attached hydrogen (secondary N) is 1. The average molecular weight is 294 g/mol. The molecule has 2 aliphatic rings. The zero-order valence-electron chi connectivity index (χ0n) is 11.3. The summed E-state index contributed by atoms with van der Waals surface area (Å²) in [6.07, 6.45) is 1.88. The third kappa shape index (κ3) is 1.99. The molecule has 1 fully saturated rings. The van der Waals surface area contributed by atoms with Crippen LogP contribution in [0.2, 0.25) is 0 Å². The second-order valence-corrected chi connectivity index (χ2v) is 4.98. The zero-order chi connectivity index (χ0) is 15.1. The molecule has 1 aromatic heterocycles. The molecule has 0 unspecified atom stereocenters. The predicted molar refractivity (Wildman–Crippen MR) is 69.4 cm³/mol. The third-order valence-electron chi connectivity index (χ3n) is 3.82. The van der Waals surface area contributed by atoms with Gasteiger partial charge in [-0.2, -0.15) is 0 Å². The SMILES string of the molecule is COC(=O)c1cn2c(c(O)c1=O)C(=O)N[C@@H]1COCC[C@@H]12. The lowest BCUT2D eigenvalue weighted by atomic mass is 9.98. The fraction of sp³-hybridized carbons (Fsp3) is 0.462. The number of aromatic nitrogens is 1. The highest BCUT2D eigenvalue weighted by atomic mass is 16.5. The lowest BCUT2D eigenvalue weighted by molar-refractivity contribution is 0.0288. The summed E-state index contributed by atoms with van der Waals surface area (Å²) in [5, 5.41) is 12.7. The summed E-state index contributed by atoms with van der Waals surface area (Å²) >= 11 is 0. The number of pyridine rings is 1. The molecule has 2 atom stereocenters. The van der Waals surface area contributed by atoms with Crippen molar-refractivity contribution >= 4 is 11.9 Å². The number of aromatic hydroxyl groups is 1. The number of carbonyl (C=O) groups excluding carboxylic acids is 2. The molecule has 0 radical (unpaired) electrons. The monoisotopic (exact) mass is 294 g/mol. The Morgan fingerprint density at radius 2 is 2.29 bits per heavy atom. The van der Waals surface area contributed by atoms with E-state index in [1.54, 1.807) is 0 Å².